The van der Waals surface area contributed by atoms with Crippen molar-refractivity contribution in [3.05, 3.63) is 29.8 Å². The van der Waals surface area contributed by atoms with E-state index in [9.17, 15) is 17.2 Å². The van der Waals surface area contributed by atoms with Crippen molar-refractivity contribution in [2.45, 2.75) is 37.1 Å². The lowest BCUT2D eigenvalue weighted by atomic mass is 10.1. The lowest BCUT2D eigenvalue weighted by molar-refractivity contribution is 0.208. The normalized spacial score (nSPS) is 18.0. The molecular formula is C14H20F2N2O2S. The van der Waals surface area contributed by atoms with E-state index in [1.807, 2.05) is 0 Å². The second-order valence-electron chi connectivity index (χ2n) is 5.31. The van der Waals surface area contributed by atoms with Crippen molar-refractivity contribution in [1.29, 1.82) is 0 Å². The minimum absolute atomic E-state index is 0.156. The zero-order valence-electron chi connectivity index (χ0n) is 12.0. The monoisotopic (exact) mass is 318 g/mol. The Morgan fingerprint density at radius 1 is 1.24 bits per heavy atom. The molecule has 0 aliphatic carbocycles. The molecule has 0 radical (unpaired) electrons. The maximum absolute atomic E-state index is 13.2. The zero-order chi connectivity index (χ0) is 15.5. The first kappa shape index (κ1) is 16.3. The fourth-order valence-electron chi connectivity index (χ4n) is 2.52. The smallest absolute Gasteiger partial charge is 0.240 e. The van der Waals surface area contributed by atoms with Crippen molar-refractivity contribution < 1.29 is 17.2 Å². The van der Waals surface area contributed by atoms with E-state index in [1.165, 1.54) is 0 Å². The second kappa shape index (κ2) is 6.81. The van der Waals surface area contributed by atoms with Crippen LogP contribution in [0.2, 0.25) is 0 Å². The lowest BCUT2D eigenvalue weighted by Gasteiger charge is -2.31. The van der Waals surface area contributed by atoms with Crippen molar-refractivity contribution in [3.8, 4) is 0 Å². The highest BCUT2D eigenvalue weighted by Gasteiger charge is 2.24. The van der Waals surface area contributed by atoms with E-state index in [2.05, 4.69) is 16.5 Å². The summed E-state index contributed by atoms with van der Waals surface area (Å²) < 4.78 is 52.9. The summed E-state index contributed by atoms with van der Waals surface area (Å²) in [6, 6.07) is 2.46. The van der Waals surface area contributed by atoms with Gasteiger partial charge >= 0.3 is 0 Å². The molecule has 21 heavy (non-hydrogen) atoms. The van der Waals surface area contributed by atoms with Crippen LogP contribution in [0.4, 0.5) is 8.78 Å². The highest BCUT2D eigenvalue weighted by molar-refractivity contribution is 7.89. The maximum atomic E-state index is 13.2. The molecule has 0 spiro atoms. The lowest BCUT2D eigenvalue weighted by Crippen LogP contribution is -2.44. The van der Waals surface area contributed by atoms with Crippen LogP contribution in [0.1, 0.15) is 26.2 Å². The van der Waals surface area contributed by atoms with E-state index in [0.29, 0.717) is 6.07 Å². The van der Waals surface area contributed by atoms with Crippen LogP contribution < -0.4 is 4.72 Å². The molecule has 1 aromatic carbocycles. The molecule has 1 heterocycles. The van der Waals surface area contributed by atoms with Gasteiger partial charge in [-0.25, -0.2) is 21.9 Å². The summed E-state index contributed by atoms with van der Waals surface area (Å²) in [5.74, 6) is -2.21. The molecule has 0 amide bonds. The van der Waals surface area contributed by atoms with Gasteiger partial charge in [0.05, 0.1) is 4.90 Å². The van der Waals surface area contributed by atoms with Crippen molar-refractivity contribution in [3.63, 3.8) is 0 Å². The van der Waals surface area contributed by atoms with Gasteiger partial charge in [-0.1, -0.05) is 6.92 Å². The summed E-state index contributed by atoms with van der Waals surface area (Å²) in [5, 5.41) is 0. The van der Waals surface area contributed by atoms with Gasteiger partial charge in [0.25, 0.3) is 0 Å². The number of rotatable bonds is 5. The predicted octanol–water partition coefficient (Wildman–Crippen LogP) is 2.12. The van der Waals surface area contributed by atoms with Crippen LogP contribution in [-0.2, 0) is 10.0 Å². The number of halogens is 2. The molecule has 1 N–H and O–H groups in total. The molecule has 1 aromatic rings. The zero-order valence-corrected chi connectivity index (χ0v) is 12.8. The van der Waals surface area contributed by atoms with Crippen molar-refractivity contribution >= 4 is 10.0 Å². The van der Waals surface area contributed by atoms with Gasteiger partial charge in [0.2, 0.25) is 10.0 Å². The Kier molecular flexibility index (Phi) is 5.29. The van der Waals surface area contributed by atoms with E-state index >= 15 is 0 Å². The molecule has 1 aliphatic rings. The number of piperidine rings is 1. The largest absolute Gasteiger partial charge is 0.303 e. The van der Waals surface area contributed by atoms with Crippen LogP contribution in [0, 0.1) is 11.6 Å². The molecule has 4 nitrogen and oxygen atoms in total. The fourth-order valence-corrected chi connectivity index (χ4v) is 3.84. The van der Waals surface area contributed by atoms with Gasteiger partial charge in [0.15, 0.2) is 11.6 Å². The minimum atomic E-state index is -3.80. The van der Waals surface area contributed by atoms with Crippen LogP contribution in [0.3, 0.4) is 0 Å². The first-order valence-electron chi connectivity index (χ1n) is 7.12. The number of likely N-dealkylation sites (tertiary alicyclic amines) is 1. The standard InChI is InChI=1S/C14H20F2N2O2S/c1-2-7-18-8-5-11(6-9-18)17-21(19,20)12-3-4-13(15)14(16)10-12/h3-4,10-11,17H,2,5-9H2,1H3. The van der Waals surface area contributed by atoms with Gasteiger partial charge in [0.1, 0.15) is 0 Å². The van der Waals surface area contributed by atoms with Gasteiger partial charge in [-0.15, -0.1) is 0 Å². The number of nitrogens with one attached hydrogen (secondary N) is 1. The predicted molar refractivity (Wildman–Crippen MR) is 76.4 cm³/mol. The molecule has 118 valence electrons. The van der Waals surface area contributed by atoms with Crippen molar-refractivity contribution in [2.75, 3.05) is 19.6 Å². The molecule has 0 bridgehead atoms. The third-order valence-corrected chi connectivity index (χ3v) is 5.17. The highest BCUT2D eigenvalue weighted by Crippen LogP contribution is 2.17. The minimum Gasteiger partial charge on any atom is -0.303 e. The molecule has 1 fully saturated rings. The summed E-state index contributed by atoms with van der Waals surface area (Å²) in [5.41, 5.74) is 0. The Bertz CT molecular complexity index is 585. The molecule has 7 heteroatoms. The second-order valence-corrected chi connectivity index (χ2v) is 7.03. The molecule has 1 saturated heterocycles. The molecule has 2 rings (SSSR count). The number of benzene rings is 1. The Labute approximate surface area is 124 Å². The molecular weight excluding hydrogens is 298 g/mol. The molecule has 1 aliphatic heterocycles. The maximum Gasteiger partial charge on any atom is 0.240 e. The van der Waals surface area contributed by atoms with Crippen LogP contribution >= 0.6 is 0 Å². The van der Waals surface area contributed by atoms with Crippen LogP contribution in [-0.4, -0.2) is 39.0 Å². The number of nitrogens with zero attached hydrogens (tertiary/aromatic N) is 1. The summed E-state index contributed by atoms with van der Waals surface area (Å²) >= 11 is 0. The highest BCUT2D eigenvalue weighted by atomic mass is 32.2. The Morgan fingerprint density at radius 3 is 2.48 bits per heavy atom. The van der Waals surface area contributed by atoms with E-state index in [1.54, 1.807) is 0 Å². The third kappa shape index (κ3) is 4.21. The van der Waals surface area contributed by atoms with Crippen LogP contribution in [0.5, 0.6) is 0 Å². The number of hydrogen-bond donors (Lipinski definition) is 1. The third-order valence-electron chi connectivity index (χ3n) is 3.65. The number of hydrogen-bond acceptors (Lipinski definition) is 3. The van der Waals surface area contributed by atoms with Gasteiger partial charge in [-0.3, -0.25) is 0 Å². The van der Waals surface area contributed by atoms with Gasteiger partial charge in [-0.05, 0) is 57.1 Å². The van der Waals surface area contributed by atoms with Gasteiger partial charge in [-0.2, -0.15) is 0 Å². The van der Waals surface area contributed by atoms with Gasteiger partial charge in [0, 0.05) is 6.04 Å². The fraction of sp³-hybridized carbons (Fsp3) is 0.571. The van der Waals surface area contributed by atoms with Crippen molar-refractivity contribution in [1.82, 2.24) is 9.62 Å². The SMILES string of the molecule is CCCN1CCC(NS(=O)(=O)c2ccc(F)c(F)c2)CC1. The van der Waals surface area contributed by atoms with Crippen molar-refractivity contribution in [2.24, 2.45) is 0 Å². The van der Waals surface area contributed by atoms with Gasteiger partial charge < -0.3 is 4.90 Å². The van der Waals surface area contributed by atoms with Crippen LogP contribution in [0.25, 0.3) is 0 Å². The summed E-state index contributed by atoms with van der Waals surface area (Å²) in [4.78, 5) is 2.06. The average Bonchev–Trinajstić information content (AvgIpc) is 2.44. The first-order chi connectivity index (χ1) is 9.92. The molecule has 0 atom stereocenters. The molecule has 0 aromatic heterocycles. The molecule has 0 unspecified atom stereocenters. The van der Waals surface area contributed by atoms with E-state index < -0.39 is 21.7 Å². The topological polar surface area (TPSA) is 49.4 Å². The van der Waals surface area contributed by atoms with E-state index in [0.717, 1.165) is 51.0 Å². The van der Waals surface area contributed by atoms with E-state index in [4.69, 9.17) is 0 Å². The Hall–Kier alpha value is -1.05. The van der Waals surface area contributed by atoms with E-state index in [-0.39, 0.29) is 10.9 Å². The molecule has 0 saturated carbocycles. The summed E-state index contributed by atoms with van der Waals surface area (Å²) in [6.45, 7) is 4.82. The Morgan fingerprint density at radius 2 is 1.90 bits per heavy atom. The number of sulfonamides is 1. The first-order valence-corrected chi connectivity index (χ1v) is 8.60. The summed E-state index contributed by atoms with van der Waals surface area (Å²) in [7, 11) is -3.80. The van der Waals surface area contributed by atoms with Crippen LogP contribution in [0.15, 0.2) is 23.1 Å². The quantitative estimate of drug-likeness (QED) is 0.905. The Balaban J connectivity index is 2.00. The summed E-state index contributed by atoms with van der Waals surface area (Å²) in [6.07, 6.45) is 2.52. The average molecular weight is 318 g/mol.